The molecule has 6 nitrogen and oxygen atoms in total. The summed E-state index contributed by atoms with van der Waals surface area (Å²) in [6.45, 7) is 6.05. The molecule has 2 aliphatic heterocycles. The summed E-state index contributed by atoms with van der Waals surface area (Å²) >= 11 is 0. The Labute approximate surface area is 154 Å². The SMILES string of the molecule is CC1(C)COB(c2cc(NC(=O)O)c3c(c2)C(C2CC2)CCCO3)OC1. The molecule has 1 saturated heterocycles. The van der Waals surface area contributed by atoms with Gasteiger partial charge in [0.05, 0.1) is 12.3 Å². The molecule has 2 fully saturated rings. The second-order valence-electron chi connectivity index (χ2n) is 8.47. The summed E-state index contributed by atoms with van der Waals surface area (Å²) in [7, 11) is -0.467. The van der Waals surface area contributed by atoms with Gasteiger partial charge < -0.3 is 19.2 Å². The highest BCUT2D eigenvalue weighted by molar-refractivity contribution is 6.61. The summed E-state index contributed by atoms with van der Waals surface area (Å²) in [5.41, 5.74) is 2.45. The highest BCUT2D eigenvalue weighted by atomic mass is 16.6. The van der Waals surface area contributed by atoms with E-state index in [9.17, 15) is 9.90 Å². The number of nitrogens with one attached hydrogen (secondary N) is 1. The highest BCUT2D eigenvalue weighted by Gasteiger charge is 2.38. The van der Waals surface area contributed by atoms with Gasteiger partial charge in [-0.1, -0.05) is 19.9 Å². The first-order chi connectivity index (χ1) is 12.4. The monoisotopic (exact) mass is 359 g/mol. The third-order valence-electron chi connectivity index (χ3n) is 5.40. The van der Waals surface area contributed by atoms with Crippen LogP contribution in [0.25, 0.3) is 0 Å². The maximum atomic E-state index is 11.3. The summed E-state index contributed by atoms with van der Waals surface area (Å²) in [6.07, 6.45) is 3.45. The molecule has 1 aliphatic carbocycles. The summed E-state index contributed by atoms with van der Waals surface area (Å²) in [6, 6.07) is 3.91. The lowest BCUT2D eigenvalue weighted by Crippen LogP contribution is -2.47. The van der Waals surface area contributed by atoms with Crippen molar-refractivity contribution in [3.05, 3.63) is 17.7 Å². The van der Waals surface area contributed by atoms with Gasteiger partial charge in [0.15, 0.2) is 0 Å². The molecule has 1 unspecified atom stereocenters. The van der Waals surface area contributed by atoms with Crippen LogP contribution in [0, 0.1) is 11.3 Å². The highest BCUT2D eigenvalue weighted by Crippen LogP contribution is 2.50. The van der Waals surface area contributed by atoms with Crippen LogP contribution >= 0.6 is 0 Å². The third-order valence-corrected chi connectivity index (χ3v) is 5.40. The summed E-state index contributed by atoms with van der Waals surface area (Å²) in [4.78, 5) is 11.3. The van der Waals surface area contributed by atoms with Gasteiger partial charge in [0.1, 0.15) is 5.75 Å². The molecule has 140 valence electrons. The largest absolute Gasteiger partial charge is 0.493 e. The first-order valence-corrected chi connectivity index (χ1v) is 9.47. The lowest BCUT2D eigenvalue weighted by atomic mass is 9.73. The van der Waals surface area contributed by atoms with Crippen LogP contribution in [0.4, 0.5) is 10.5 Å². The molecule has 1 amide bonds. The Hall–Kier alpha value is -1.73. The number of ether oxygens (including phenoxy) is 1. The number of fused-ring (bicyclic) bond motifs is 1. The molecule has 0 aromatic heterocycles. The zero-order chi connectivity index (χ0) is 18.3. The van der Waals surface area contributed by atoms with Gasteiger partial charge in [0.2, 0.25) is 0 Å². The number of carbonyl (C=O) groups is 1. The van der Waals surface area contributed by atoms with Gasteiger partial charge in [-0.3, -0.25) is 5.32 Å². The van der Waals surface area contributed by atoms with Crippen LogP contribution in [0.15, 0.2) is 12.1 Å². The van der Waals surface area contributed by atoms with Crippen LogP contribution in [0.1, 0.15) is 51.0 Å². The maximum absolute atomic E-state index is 11.3. The van der Waals surface area contributed by atoms with Crippen molar-refractivity contribution in [1.82, 2.24) is 0 Å². The predicted molar refractivity (Wildman–Crippen MR) is 99.4 cm³/mol. The second-order valence-corrected chi connectivity index (χ2v) is 8.47. The Morgan fingerprint density at radius 2 is 1.96 bits per heavy atom. The lowest BCUT2D eigenvalue weighted by Gasteiger charge is -2.33. The second kappa shape index (κ2) is 6.78. The minimum absolute atomic E-state index is 0.00993. The average Bonchev–Trinajstić information content (AvgIpc) is 3.40. The Balaban J connectivity index is 1.72. The molecule has 4 rings (SSSR count). The van der Waals surface area contributed by atoms with Crippen molar-refractivity contribution in [2.24, 2.45) is 11.3 Å². The molecular formula is C19H26BNO5. The number of carboxylic acid groups (broad SMARTS) is 1. The molecule has 26 heavy (non-hydrogen) atoms. The zero-order valence-corrected chi connectivity index (χ0v) is 15.4. The van der Waals surface area contributed by atoms with E-state index in [1.54, 1.807) is 6.07 Å². The van der Waals surface area contributed by atoms with Crippen LogP contribution < -0.4 is 15.5 Å². The van der Waals surface area contributed by atoms with Gasteiger partial charge in [-0.2, -0.15) is 0 Å². The predicted octanol–water partition coefficient (Wildman–Crippen LogP) is 3.21. The summed E-state index contributed by atoms with van der Waals surface area (Å²) in [5, 5.41) is 11.8. The van der Waals surface area contributed by atoms with E-state index in [0.29, 0.717) is 43.1 Å². The number of hydrogen-bond acceptors (Lipinski definition) is 4. The topological polar surface area (TPSA) is 77.0 Å². The van der Waals surface area contributed by atoms with Crippen molar-refractivity contribution in [3.8, 4) is 5.75 Å². The van der Waals surface area contributed by atoms with E-state index in [2.05, 4.69) is 25.2 Å². The van der Waals surface area contributed by atoms with E-state index >= 15 is 0 Å². The molecule has 7 heteroatoms. The minimum Gasteiger partial charge on any atom is -0.491 e. The smallest absolute Gasteiger partial charge is 0.491 e. The van der Waals surface area contributed by atoms with Crippen molar-refractivity contribution in [2.45, 2.75) is 45.4 Å². The van der Waals surface area contributed by atoms with E-state index < -0.39 is 13.2 Å². The molecule has 1 aromatic carbocycles. The van der Waals surface area contributed by atoms with Gasteiger partial charge in [0.25, 0.3) is 0 Å². The van der Waals surface area contributed by atoms with E-state index in [-0.39, 0.29) is 5.41 Å². The lowest BCUT2D eigenvalue weighted by molar-refractivity contribution is 0.0343. The van der Waals surface area contributed by atoms with Crippen molar-refractivity contribution >= 4 is 24.4 Å². The van der Waals surface area contributed by atoms with Crippen molar-refractivity contribution < 1.29 is 23.9 Å². The number of amides is 1. The average molecular weight is 359 g/mol. The number of rotatable bonds is 3. The van der Waals surface area contributed by atoms with E-state index in [1.807, 2.05) is 0 Å². The van der Waals surface area contributed by atoms with Gasteiger partial charge in [0, 0.05) is 18.6 Å². The van der Waals surface area contributed by atoms with E-state index in [1.165, 1.54) is 12.8 Å². The molecule has 0 bridgehead atoms. The van der Waals surface area contributed by atoms with Crippen LogP contribution in [0.5, 0.6) is 5.75 Å². The van der Waals surface area contributed by atoms with Crippen molar-refractivity contribution in [3.63, 3.8) is 0 Å². The molecule has 1 saturated carbocycles. The molecular weight excluding hydrogens is 333 g/mol. The number of hydrogen-bond donors (Lipinski definition) is 2. The fourth-order valence-electron chi connectivity index (χ4n) is 3.96. The van der Waals surface area contributed by atoms with Crippen LogP contribution in [0.3, 0.4) is 0 Å². The molecule has 2 heterocycles. The fourth-order valence-corrected chi connectivity index (χ4v) is 3.96. The quantitative estimate of drug-likeness (QED) is 0.811. The first-order valence-electron chi connectivity index (χ1n) is 9.47. The van der Waals surface area contributed by atoms with E-state index in [4.69, 9.17) is 14.0 Å². The van der Waals surface area contributed by atoms with E-state index in [0.717, 1.165) is 23.9 Å². The van der Waals surface area contributed by atoms with Gasteiger partial charge in [-0.15, -0.1) is 0 Å². The van der Waals surface area contributed by atoms with Crippen LogP contribution in [0.2, 0.25) is 0 Å². The third kappa shape index (κ3) is 3.69. The molecule has 3 aliphatic rings. The van der Waals surface area contributed by atoms with Gasteiger partial charge >= 0.3 is 13.2 Å². The number of benzene rings is 1. The number of anilines is 1. The molecule has 1 aromatic rings. The molecule has 1 atom stereocenters. The standard InChI is InChI=1S/C19H26BNO5/c1-19(2)10-25-20(26-11-19)13-8-15-14(12-5-6-12)4-3-7-24-17(15)16(9-13)21-18(22)23/h8-9,12,14,21H,3-7,10-11H2,1-2H3,(H,22,23). The zero-order valence-electron chi connectivity index (χ0n) is 15.4. The Morgan fingerprint density at radius 3 is 2.62 bits per heavy atom. The van der Waals surface area contributed by atoms with Crippen molar-refractivity contribution in [2.75, 3.05) is 25.1 Å². The summed E-state index contributed by atoms with van der Waals surface area (Å²) < 4.78 is 17.8. The summed E-state index contributed by atoms with van der Waals surface area (Å²) in [5.74, 6) is 1.78. The molecule has 2 N–H and O–H groups in total. The Morgan fingerprint density at radius 1 is 1.23 bits per heavy atom. The van der Waals surface area contributed by atoms with Gasteiger partial charge in [-0.05, 0) is 54.6 Å². The Kier molecular flexibility index (Phi) is 4.61. The van der Waals surface area contributed by atoms with Gasteiger partial charge in [-0.25, -0.2) is 4.79 Å². The maximum Gasteiger partial charge on any atom is 0.493 e. The fraction of sp³-hybridized carbons (Fsp3) is 0.632. The van der Waals surface area contributed by atoms with Crippen LogP contribution in [-0.2, 0) is 9.31 Å². The van der Waals surface area contributed by atoms with Crippen LogP contribution in [-0.4, -0.2) is 38.1 Å². The van der Waals surface area contributed by atoms with Crippen molar-refractivity contribution in [1.29, 1.82) is 0 Å². The first kappa shape index (κ1) is 17.7. The molecule has 0 radical (unpaired) electrons. The normalized spacial score (nSPS) is 25.0. The Bertz CT molecular complexity index is 693. The minimum atomic E-state index is -1.09. The molecule has 0 spiro atoms.